The van der Waals surface area contributed by atoms with E-state index >= 15 is 0 Å². The molecule has 8 heteroatoms. The van der Waals surface area contributed by atoms with Crippen molar-refractivity contribution in [3.8, 4) is 0 Å². The Morgan fingerprint density at radius 2 is 1.84 bits per heavy atom. The SMILES string of the molecule is Cc1c(C(=O)NNc2ccccc2C(F)(F)F)oc2c(Cl)cccc12. The van der Waals surface area contributed by atoms with Crippen molar-refractivity contribution in [1.82, 2.24) is 5.43 Å². The van der Waals surface area contributed by atoms with Gasteiger partial charge < -0.3 is 4.42 Å². The molecule has 0 bridgehead atoms. The summed E-state index contributed by atoms with van der Waals surface area (Å²) in [7, 11) is 0. The lowest BCUT2D eigenvalue weighted by Crippen LogP contribution is -2.30. The van der Waals surface area contributed by atoms with Crippen LogP contribution in [0.1, 0.15) is 21.7 Å². The number of fused-ring (bicyclic) bond motifs is 1. The number of anilines is 1. The van der Waals surface area contributed by atoms with Gasteiger partial charge in [-0.3, -0.25) is 15.6 Å². The van der Waals surface area contributed by atoms with Crippen LogP contribution in [0.15, 0.2) is 46.9 Å². The third kappa shape index (κ3) is 3.28. The third-order valence-corrected chi connectivity index (χ3v) is 3.96. The molecule has 130 valence electrons. The van der Waals surface area contributed by atoms with Crippen LogP contribution in [0.25, 0.3) is 11.0 Å². The Kier molecular flexibility index (Phi) is 4.34. The lowest BCUT2D eigenvalue weighted by atomic mass is 10.1. The van der Waals surface area contributed by atoms with Crippen molar-refractivity contribution in [2.75, 3.05) is 5.43 Å². The van der Waals surface area contributed by atoms with Crippen molar-refractivity contribution < 1.29 is 22.4 Å². The van der Waals surface area contributed by atoms with Crippen LogP contribution >= 0.6 is 11.6 Å². The molecule has 4 nitrogen and oxygen atoms in total. The van der Waals surface area contributed by atoms with E-state index in [1.807, 2.05) is 0 Å². The fourth-order valence-corrected chi connectivity index (χ4v) is 2.66. The molecular weight excluding hydrogens is 357 g/mol. The van der Waals surface area contributed by atoms with E-state index in [2.05, 4.69) is 10.9 Å². The van der Waals surface area contributed by atoms with E-state index in [-0.39, 0.29) is 11.4 Å². The van der Waals surface area contributed by atoms with Crippen molar-refractivity contribution in [2.45, 2.75) is 13.1 Å². The normalized spacial score (nSPS) is 11.6. The number of benzene rings is 2. The van der Waals surface area contributed by atoms with E-state index in [4.69, 9.17) is 16.0 Å². The van der Waals surface area contributed by atoms with Crippen LogP contribution in [0.5, 0.6) is 0 Å². The van der Waals surface area contributed by atoms with Crippen LogP contribution in [0.4, 0.5) is 18.9 Å². The highest BCUT2D eigenvalue weighted by molar-refractivity contribution is 6.35. The quantitative estimate of drug-likeness (QED) is 0.627. The molecule has 0 aliphatic carbocycles. The number of rotatable bonds is 3. The van der Waals surface area contributed by atoms with Gasteiger partial charge in [0.15, 0.2) is 11.3 Å². The summed E-state index contributed by atoms with van der Waals surface area (Å²) in [5.74, 6) is -0.734. The molecule has 25 heavy (non-hydrogen) atoms. The molecule has 1 heterocycles. The third-order valence-electron chi connectivity index (χ3n) is 3.67. The Morgan fingerprint density at radius 1 is 1.12 bits per heavy atom. The van der Waals surface area contributed by atoms with Crippen molar-refractivity contribution >= 4 is 34.2 Å². The maximum Gasteiger partial charge on any atom is 0.418 e. The van der Waals surface area contributed by atoms with Gasteiger partial charge in [-0.05, 0) is 25.1 Å². The van der Waals surface area contributed by atoms with Crippen molar-refractivity contribution in [3.05, 3.63) is 64.4 Å². The number of carbonyl (C=O) groups excluding carboxylic acids is 1. The summed E-state index contributed by atoms with van der Waals surface area (Å²) < 4.78 is 44.3. The van der Waals surface area contributed by atoms with Gasteiger partial charge in [-0.1, -0.05) is 35.9 Å². The minimum absolute atomic E-state index is 0.0277. The van der Waals surface area contributed by atoms with Gasteiger partial charge in [0.2, 0.25) is 0 Å². The molecule has 0 aliphatic heterocycles. The maximum absolute atomic E-state index is 13.0. The summed E-state index contributed by atoms with van der Waals surface area (Å²) in [6.45, 7) is 1.67. The summed E-state index contributed by atoms with van der Waals surface area (Å²) in [6.07, 6.45) is -4.54. The van der Waals surface area contributed by atoms with E-state index in [1.54, 1.807) is 25.1 Å². The predicted octanol–water partition coefficient (Wildman–Crippen LogP) is 5.17. The van der Waals surface area contributed by atoms with Crippen molar-refractivity contribution in [3.63, 3.8) is 0 Å². The first-order valence-electron chi connectivity index (χ1n) is 7.19. The molecule has 3 aromatic rings. The Balaban J connectivity index is 1.85. The first-order chi connectivity index (χ1) is 11.8. The zero-order chi connectivity index (χ0) is 18.2. The highest BCUT2D eigenvalue weighted by Crippen LogP contribution is 2.34. The predicted molar refractivity (Wildman–Crippen MR) is 88.5 cm³/mol. The smallest absolute Gasteiger partial charge is 0.418 e. The van der Waals surface area contributed by atoms with Crippen LogP contribution in [0, 0.1) is 6.92 Å². The highest BCUT2D eigenvalue weighted by atomic mass is 35.5. The minimum Gasteiger partial charge on any atom is -0.449 e. The maximum atomic E-state index is 13.0. The summed E-state index contributed by atoms with van der Waals surface area (Å²) in [5.41, 5.74) is 4.25. The fourth-order valence-electron chi connectivity index (χ4n) is 2.45. The van der Waals surface area contributed by atoms with Gasteiger partial charge in [0.05, 0.1) is 16.3 Å². The molecule has 2 N–H and O–H groups in total. The summed E-state index contributed by atoms with van der Waals surface area (Å²) >= 11 is 6.02. The Hall–Kier alpha value is -2.67. The fraction of sp³-hybridized carbons (Fsp3) is 0.118. The Morgan fingerprint density at radius 3 is 2.52 bits per heavy atom. The molecule has 0 atom stereocenters. The molecule has 0 saturated heterocycles. The lowest BCUT2D eigenvalue weighted by Gasteiger charge is -2.14. The van der Waals surface area contributed by atoms with Crippen molar-refractivity contribution in [1.29, 1.82) is 0 Å². The average molecular weight is 369 g/mol. The van der Waals surface area contributed by atoms with Gasteiger partial charge in [-0.15, -0.1) is 0 Å². The monoisotopic (exact) mass is 368 g/mol. The van der Waals surface area contributed by atoms with Crippen molar-refractivity contribution in [2.24, 2.45) is 0 Å². The number of para-hydroxylation sites is 2. The molecule has 0 aliphatic rings. The molecule has 2 aromatic carbocycles. The number of nitrogens with one attached hydrogen (secondary N) is 2. The number of hydrogen-bond donors (Lipinski definition) is 2. The lowest BCUT2D eigenvalue weighted by molar-refractivity contribution is -0.137. The van der Waals surface area contributed by atoms with E-state index in [9.17, 15) is 18.0 Å². The van der Waals surface area contributed by atoms with E-state index in [0.29, 0.717) is 21.6 Å². The van der Waals surface area contributed by atoms with Crippen LogP contribution in [-0.2, 0) is 6.18 Å². The number of hydrogen-bond acceptors (Lipinski definition) is 3. The van der Waals surface area contributed by atoms with Crippen LogP contribution < -0.4 is 10.9 Å². The number of halogens is 4. The highest BCUT2D eigenvalue weighted by Gasteiger charge is 2.33. The number of alkyl halides is 3. The molecule has 0 radical (unpaired) electrons. The first-order valence-corrected chi connectivity index (χ1v) is 7.57. The average Bonchev–Trinajstić information content (AvgIpc) is 2.91. The van der Waals surface area contributed by atoms with E-state index < -0.39 is 17.6 Å². The zero-order valence-electron chi connectivity index (χ0n) is 12.9. The first kappa shape index (κ1) is 17.2. The van der Waals surface area contributed by atoms with Gasteiger partial charge >= 0.3 is 12.1 Å². The molecule has 0 saturated carbocycles. The van der Waals surface area contributed by atoms with Crippen LogP contribution in [0.3, 0.4) is 0 Å². The molecular formula is C17H12ClF3N2O2. The minimum atomic E-state index is -4.54. The topological polar surface area (TPSA) is 54.3 Å². The summed E-state index contributed by atoms with van der Waals surface area (Å²) in [4.78, 5) is 12.3. The number of aryl methyl sites for hydroxylation is 1. The molecule has 1 aromatic heterocycles. The number of carbonyl (C=O) groups is 1. The summed E-state index contributed by atoms with van der Waals surface area (Å²) in [5, 5.41) is 1.00. The number of amides is 1. The Bertz CT molecular complexity index is 951. The number of furan rings is 1. The van der Waals surface area contributed by atoms with Gasteiger partial charge in [0.25, 0.3) is 0 Å². The molecule has 3 rings (SSSR count). The Labute approximate surface area is 145 Å². The second-order valence-corrected chi connectivity index (χ2v) is 5.70. The van der Waals surface area contributed by atoms with Gasteiger partial charge in [-0.25, -0.2) is 0 Å². The van der Waals surface area contributed by atoms with Gasteiger partial charge in [-0.2, -0.15) is 13.2 Å². The molecule has 0 fully saturated rings. The van der Waals surface area contributed by atoms with E-state index in [1.165, 1.54) is 18.2 Å². The standard InChI is InChI=1S/C17H12ClF3N2O2/c1-9-10-5-4-7-12(18)15(10)25-14(9)16(24)23-22-13-8-3-2-6-11(13)17(19,20)21/h2-8,22H,1H3,(H,23,24). The molecule has 1 amide bonds. The van der Waals surface area contributed by atoms with Crippen LogP contribution in [-0.4, -0.2) is 5.91 Å². The van der Waals surface area contributed by atoms with Crippen LogP contribution in [0.2, 0.25) is 5.02 Å². The second kappa shape index (κ2) is 6.33. The van der Waals surface area contributed by atoms with Gasteiger partial charge in [0.1, 0.15) is 0 Å². The molecule has 0 unspecified atom stereocenters. The zero-order valence-corrected chi connectivity index (χ0v) is 13.6. The van der Waals surface area contributed by atoms with E-state index in [0.717, 1.165) is 6.07 Å². The second-order valence-electron chi connectivity index (χ2n) is 5.30. The van der Waals surface area contributed by atoms with Gasteiger partial charge in [0, 0.05) is 10.9 Å². The number of hydrazine groups is 1. The summed E-state index contributed by atoms with van der Waals surface area (Å²) in [6, 6.07) is 9.89. The molecule has 0 spiro atoms. The largest absolute Gasteiger partial charge is 0.449 e.